The molecule has 1 saturated heterocycles. The van der Waals surface area contributed by atoms with Crippen LogP contribution in [0.5, 0.6) is 0 Å². The van der Waals surface area contributed by atoms with Crippen molar-refractivity contribution in [2.24, 2.45) is 0 Å². The number of nitrogens with zero attached hydrogens (tertiary/aromatic N) is 3. The predicted molar refractivity (Wildman–Crippen MR) is 89.0 cm³/mol. The van der Waals surface area contributed by atoms with Gasteiger partial charge in [0.15, 0.2) is 0 Å². The fourth-order valence-corrected chi connectivity index (χ4v) is 3.18. The molecule has 0 unspecified atom stereocenters. The second-order valence-electron chi connectivity index (χ2n) is 5.98. The molecule has 0 N–H and O–H groups in total. The van der Waals surface area contributed by atoms with Crippen LogP contribution in [0.25, 0.3) is 5.69 Å². The van der Waals surface area contributed by atoms with Crippen LogP contribution < -0.4 is 0 Å². The number of ether oxygens (including phenoxy) is 1. The third-order valence-corrected chi connectivity index (χ3v) is 4.45. The van der Waals surface area contributed by atoms with Crippen LogP contribution in [0.15, 0.2) is 30.6 Å². The van der Waals surface area contributed by atoms with E-state index in [-0.39, 0.29) is 12.0 Å². The Morgan fingerprint density at radius 1 is 1.43 bits per heavy atom. The highest BCUT2D eigenvalue weighted by atomic mass is 16.5. The molecule has 1 amide bonds. The molecule has 1 aliphatic rings. The molecule has 23 heavy (non-hydrogen) atoms. The van der Waals surface area contributed by atoms with Crippen molar-refractivity contribution in [2.45, 2.75) is 33.3 Å². The molecule has 1 fully saturated rings. The van der Waals surface area contributed by atoms with Crippen LogP contribution in [0.2, 0.25) is 0 Å². The third-order valence-electron chi connectivity index (χ3n) is 4.45. The minimum atomic E-state index is 0.0926. The van der Waals surface area contributed by atoms with Gasteiger partial charge in [-0.25, -0.2) is 0 Å². The Hall–Kier alpha value is -2.14. The molecule has 122 valence electrons. The Morgan fingerprint density at radius 3 is 2.96 bits per heavy atom. The van der Waals surface area contributed by atoms with Crippen molar-refractivity contribution in [2.75, 3.05) is 19.7 Å². The Labute approximate surface area is 136 Å². The number of amides is 1. The number of aromatic nitrogens is 2. The lowest BCUT2D eigenvalue weighted by Crippen LogP contribution is -2.45. The van der Waals surface area contributed by atoms with Gasteiger partial charge in [-0.05, 0) is 38.5 Å². The van der Waals surface area contributed by atoms with Crippen molar-refractivity contribution < 1.29 is 9.53 Å². The molecule has 5 heteroatoms. The van der Waals surface area contributed by atoms with Crippen LogP contribution in [0, 0.1) is 13.8 Å². The van der Waals surface area contributed by atoms with Gasteiger partial charge in [0, 0.05) is 30.7 Å². The topological polar surface area (TPSA) is 47.4 Å². The van der Waals surface area contributed by atoms with E-state index < -0.39 is 0 Å². The summed E-state index contributed by atoms with van der Waals surface area (Å²) < 4.78 is 7.75. The van der Waals surface area contributed by atoms with Gasteiger partial charge in [0.2, 0.25) is 0 Å². The Morgan fingerprint density at radius 2 is 2.26 bits per heavy atom. The molecule has 5 nitrogen and oxygen atoms in total. The van der Waals surface area contributed by atoms with Gasteiger partial charge in [0.05, 0.1) is 30.2 Å². The summed E-state index contributed by atoms with van der Waals surface area (Å²) in [5, 5.41) is 0. The number of aryl methyl sites for hydroxylation is 1. The molecule has 0 saturated carbocycles. The van der Waals surface area contributed by atoms with Crippen LogP contribution >= 0.6 is 0 Å². The van der Waals surface area contributed by atoms with Crippen molar-refractivity contribution in [3.05, 3.63) is 47.5 Å². The van der Waals surface area contributed by atoms with Crippen molar-refractivity contribution in [3.8, 4) is 5.69 Å². The monoisotopic (exact) mass is 313 g/mol. The first-order valence-electron chi connectivity index (χ1n) is 8.12. The van der Waals surface area contributed by atoms with E-state index >= 15 is 0 Å². The molecule has 0 aliphatic carbocycles. The van der Waals surface area contributed by atoms with E-state index in [1.807, 2.05) is 43.1 Å². The number of rotatable bonds is 3. The van der Waals surface area contributed by atoms with Gasteiger partial charge in [0.25, 0.3) is 5.91 Å². The summed E-state index contributed by atoms with van der Waals surface area (Å²) in [6, 6.07) is 5.88. The standard InChI is InChI=1S/C18H23N3O2/c1-4-16-12-20(8-9-23-16)18(22)17-10-13(2)21(14(17)3)15-6-5-7-19-11-15/h5-7,10-11,16H,4,8-9,12H2,1-3H3/t16-/m1/s1. The van der Waals surface area contributed by atoms with Gasteiger partial charge in [-0.3, -0.25) is 9.78 Å². The number of morpholine rings is 1. The quantitative estimate of drug-likeness (QED) is 0.875. The number of pyridine rings is 1. The summed E-state index contributed by atoms with van der Waals surface area (Å²) in [6.07, 6.45) is 4.64. The average molecular weight is 313 g/mol. The lowest BCUT2D eigenvalue weighted by molar-refractivity contribution is -0.0226. The summed E-state index contributed by atoms with van der Waals surface area (Å²) in [7, 11) is 0. The fraction of sp³-hybridized carbons (Fsp3) is 0.444. The molecule has 3 heterocycles. The molecule has 2 aromatic rings. The van der Waals surface area contributed by atoms with Gasteiger partial charge in [-0.2, -0.15) is 0 Å². The van der Waals surface area contributed by atoms with Gasteiger partial charge in [-0.1, -0.05) is 6.92 Å². The molecular weight excluding hydrogens is 290 g/mol. The Kier molecular flexibility index (Phi) is 4.48. The Balaban J connectivity index is 1.90. The number of carbonyl (C=O) groups is 1. The first-order chi connectivity index (χ1) is 11.1. The highest BCUT2D eigenvalue weighted by Crippen LogP contribution is 2.22. The van der Waals surface area contributed by atoms with Gasteiger partial charge in [0.1, 0.15) is 0 Å². The molecule has 1 atom stereocenters. The summed E-state index contributed by atoms with van der Waals surface area (Å²) >= 11 is 0. The van der Waals surface area contributed by atoms with Crippen LogP contribution in [-0.2, 0) is 4.74 Å². The zero-order chi connectivity index (χ0) is 16.4. The van der Waals surface area contributed by atoms with Crippen LogP contribution in [0.3, 0.4) is 0 Å². The highest BCUT2D eigenvalue weighted by Gasteiger charge is 2.26. The van der Waals surface area contributed by atoms with Gasteiger partial charge < -0.3 is 14.2 Å². The van der Waals surface area contributed by atoms with E-state index in [2.05, 4.69) is 16.5 Å². The van der Waals surface area contributed by atoms with E-state index in [0.717, 1.165) is 29.1 Å². The van der Waals surface area contributed by atoms with Gasteiger partial charge in [-0.15, -0.1) is 0 Å². The molecule has 2 aromatic heterocycles. The molecular formula is C18H23N3O2. The third kappa shape index (κ3) is 3.01. The largest absolute Gasteiger partial charge is 0.375 e. The van der Waals surface area contributed by atoms with E-state index in [9.17, 15) is 4.79 Å². The summed E-state index contributed by atoms with van der Waals surface area (Å²) in [5.41, 5.74) is 3.75. The van der Waals surface area contributed by atoms with Crippen LogP contribution in [-0.4, -0.2) is 46.2 Å². The average Bonchev–Trinajstić information content (AvgIpc) is 2.89. The second-order valence-corrected chi connectivity index (χ2v) is 5.98. The maximum absolute atomic E-state index is 12.9. The van der Waals surface area contributed by atoms with Crippen molar-refractivity contribution in [1.82, 2.24) is 14.5 Å². The first kappa shape index (κ1) is 15.7. The van der Waals surface area contributed by atoms with E-state index in [0.29, 0.717) is 19.7 Å². The maximum Gasteiger partial charge on any atom is 0.255 e. The summed E-state index contributed by atoms with van der Waals surface area (Å²) in [4.78, 5) is 19.0. The molecule has 0 radical (unpaired) electrons. The normalized spacial score (nSPS) is 18.2. The zero-order valence-electron chi connectivity index (χ0n) is 14.0. The van der Waals surface area contributed by atoms with Crippen molar-refractivity contribution in [1.29, 1.82) is 0 Å². The molecule has 0 spiro atoms. The van der Waals surface area contributed by atoms with E-state index in [4.69, 9.17) is 4.74 Å². The van der Waals surface area contributed by atoms with E-state index in [1.165, 1.54) is 0 Å². The van der Waals surface area contributed by atoms with Crippen LogP contribution in [0.1, 0.15) is 35.1 Å². The fourth-order valence-electron chi connectivity index (χ4n) is 3.18. The number of hydrogen-bond donors (Lipinski definition) is 0. The minimum Gasteiger partial charge on any atom is -0.375 e. The SMILES string of the molecule is CC[C@@H]1CN(C(=O)c2cc(C)n(-c3cccnc3)c2C)CCO1. The molecule has 1 aliphatic heterocycles. The maximum atomic E-state index is 12.9. The summed E-state index contributed by atoms with van der Waals surface area (Å²) in [5.74, 6) is 0.0926. The zero-order valence-corrected chi connectivity index (χ0v) is 14.0. The number of hydrogen-bond acceptors (Lipinski definition) is 3. The minimum absolute atomic E-state index is 0.0926. The number of carbonyl (C=O) groups excluding carboxylic acids is 1. The molecule has 0 bridgehead atoms. The lowest BCUT2D eigenvalue weighted by atomic mass is 10.1. The summed E-state index contributed by atoms with van der Waals surface area (Å²) in [6.45, 7) is 8.05. The van der Waals surface area contributed by atoms with Gasteiger partial charge >= 0.3 is 0 Å². The van der Waals surface area contributed by atoms with Crippen molar-refractivity contribution in [3.63, 3.8) is 0 Å². The smallest absolute Gasteiger partial charge is 0.255 e. The molecule has 0 aromatic carbocycles. The highest BCUT2D eigenvalue weighted by molar-refractivity contribution is 5.96. The second kappa shape index (κ2) is 6.54. The van der Waals surface area contributed by atoms with Crippen LogP contribution in [0.4, 0.5) is 0 Å². The lowest BCUT2D eigenvalue weighted by Gasteiger charge is -2.32. The Bertz CT molecular complexity index is 694. The predicted octanol–water partition coefficient (Wildman–Crippen LogP) is 2.74. The first-order valence-corrected chi connectivity index (χ1v) is 8.12. The van der Waals surface area contributed by atoms with Crippen molar-refractivity contribution >= 4 is 5.91 Å². The van der Waals surface area contributed by atoms with E-state index in [1.54, 1.807) is 6.20 Å². The molecule has 3 rings (SSSR count).